The van der Waals surface area contributed by atoms with Gasteiger partial charge in [-0.1, -0.05) is 93.1 Å². The van der Waals surface area contributed by atoms with E-state index >= 15 is 0 Å². The summed E-state index contributed by atoms with van der Waals surface area (Å²) in [5, 5.41) is 5.44. The van der Waals surface area contributed by atoms with Gasteiger partial charge in [0.25, 0.3) is 0 Å². The Hall–Kier alpha value is -5.50. The normalized spacial score (nSPS) is 13.1. The number of carbonyl (C=O) groups is 2. The van der Waals surface area contributed by atoms with E-state index in [1.54, 1.807) is 36.4 Å². The first-order valence-electron chi connectivity index (χ1n) is 16.2. The summed E-state index contributed by atoms with van der Waals surface area (Å²) in [6.45, 7) is 1.52. The second kappa shape index (κ2) is 13.2. The number of ether oxygens (including phenoxy) is 2. The molecule has 4 nitrogen and oxygen atoms in total. The van der Waals surface area contributed by atoms with Crippen LogP contribution in [0.1, 0.15) is 64.8 Å². The van der Waals surface area contributed by atoms with Crippen molar-refractivity contribution in [3.05, 3.63) is 131 Å². The minimum atomic E-state index is -1.00. The van der Waals surface area contributed by atoms with Gasteiger partial charge in [-0.15, -0.1) is 0 Å². The minimum absolute atomic E-state index is 0.112. The predicted octanol–water partition coefficient (Wildman–Crippen LogP) is 11.4. The van der Waals surface area contributed by atoms with Gasteiger partial charge in [0, 0.05) is 0 Å². The van der Waals surface area contributed by atoms with Crippen LogP contribution in [0.15, 0.2) is 91.0 Å². The van der Waals surface area contributed by atoms with E-state index < -0.39 is 46.7 Å². The lowest BCUT2D eigenvalue weighted by Gasteiger charge is -2.17. The Balaban J connectivity index is 0.000000571. The Bertz CT molecular complexity index is 2320. The predicted molar refractivity (Wildman–Crippen MR) is 183 cm³/mol. The lowest BCUT2D eigenvalue weighted by atomic mass is 9.87. The van der Waals surface area contributed by atoms with E-state index in [1.165, 1.54) is 63.6 Å². The zero-order valence-electron chi connectivity index (χ0n) is 26.5. The van der Waals surface area contributed by atoms with Crippen molar-refractivity contribution >= 4 is 55.0 Å². The molecule has 7 aromatic carbocycles. The van der Waals surface area contributed by atoms with Crippen molar-refractivity contribution in [2.24, 2.45) is 0 Å². The summed E-state index contributed by atoms with van der Waals surface area (Å²) < 4.78 is 67.7. The van der Waals surface area contributed by atoms with Crippen molar-refractivity contribution in [3.63, 3.8) is 0 Å². The molecule has 8 rings (SSSR count). The van der Waals surface area contributed by atoms with Crippen molar-refractivity contribution < 1.29 is 36.6 Å². The third-order valence-corrected chi connectivity index (χ3v) is 9.05. The average Bonchev–Trinajstić information content (AvgIpc) is 3.10. The molecule has 8 heteroatoms. The number of hydrogen-bond donors (Lipinski definition) is 0. The highest BCUT2D eigenvalue weighted by molar-refractivity contribution is 6.35. The molecule has 0 N–H and O–H groups in total. The van der Waals surface area contributed by atoms with Gasteiger partial charge >= 0.3 is 11.9 Å². The van der Waals surface area contributed by atoms with Gasteiger partial charge in [-0.2, -0.15) is 0 Å². The van der Waals surface area contributed by atoms with Crippen LogP contribution in [-0.2, 0) is 0 Å². The number of para-hydroxylation sites is 1. The molecule has 1 fully saturated rings. The number of carbonyl (C=O) groups excluding carboxylic acids is 2. The highest BCUT2D eigenvalue weighted by atomic mass is 19.1. The van der Waals surface area contributed by atoms with Crippen LogP contribution in [0.5, 0.6) is 11.5 Å². The standard InChI is InChI=1S/C35H18F4O4.C6H12/c1-17-15-28(38)33(29(39)16-17)43-35(41)25-14-12-23-18-5-2-7-20-24(34(40)42-32-26(36)9-4-10-27(32)37)13-11-22(30(18)20)19-6-3-8-21(25)31(19)23;1-2-4-6-5-3-1/h2-16H,1H3;1-6H2. The maximum absolute atomic E-state index is 14.4. The van der Waals surface area contributed by atoms with Gasteiger partial charge in [-0.3, -0.25) is 0 Å². The molecule has 0 radical (unpaired) electrons. The monoisotopic (exact) mass is 662 g/mol. The first kappa shape index (κ1) is 32.1. The largest absolute Gasteiger partial charge is 0.417 e. The number of esters is 2. The van der Waals surface area contributed by atoms with Gasteiger partial charge in [0.05, 0.1) is 11.1 Å². The van der Waals surface area contributed by atoms with Crippen LogP contribution >= 0.6 is 0 Å². The van der Waals surface area contributed by atoms with Gasteiger partial charge in [0.1, 0.15) is 0 Å². The molecule has 0 aromatic heterocycles. The van der Waals surface area contributed by atoms with E-state index in [4.69, 9.17) is 9.47 Å². The van der Waals surface area contributed by atoms with Crippen LogP contribution in [-0.4, -0.2) is 11.9 Å². The van der Waals surface area contributed by atoms with Crippen molar-refractivity contribution in [2.75, 3.05) is 0 Å². The van der Waals surface area contributed by atoms with Crippen molar-refractivity contribution in [3.8, 4) is 11.5 Å². The molecule has 0 aliphatic heterocycles. The molecule has 0 spiro atoms. The van der Waals surface area contributed by atoms with Crippen LogP contribution in [0.25, 0.3) is 43.1 Å². The van der Waals surface area contributed by atoms with E-state index in [2.05, 4.69) is 0 Å². The number of aryl methyl sites for hydroxylation is 1. The van der Waals surface area contributed by atoms with Crippen molar-refractivity contribution in [1.82, 2.24) is 0 Å². The molecule has 7 aromatic rings. The second-order valence-electron chi connectivity index (χ2n) is 12.3. The summed E-state index contributed by atoms with van der Waals surface area (Å²) >= 11 is 0. The van der Waals surface area contributed by atoms with E-state index in [-0.39, 0.29) is 11.1 Å². The first-order chi connectivity index (χ1) is 23.7. The lowest BCUT2D eigenvalue weighted by molar-refractivity contribution is 0.0713. The molecular weight excluding hydrogens is 632 g/mol. The van der Waals surface area contributed by atoms with Crippen LogP contribution in [0.3, 0.4) is 0 Å². The Morgan fingerprint density at radius 1 is 0.469 bits per heavy atom. The molecule has 0 amide bonds. The maximum Gasteiger partial charge on any atom is 0.344 e. The Labute approximate surface area is 279 Å². The summed E-state index contributed by atoms with van der Waals surface area (Å²) in [4.78, 5) is 26.4. The third kappa shape index (κ3) is 5.92. The van der Waals surface area contributed by atoms with Crippen molar-refractivity contribution in [2.45, 2.75) is 45.4 Å². The number of halogens is 4. The Morgan fingerprint density at radius 2 is 0.816 bits per heavy atom. The lowest BCUT2D eigenvalue weighted by Crippen LogP contribution is -2.12. The summed E-state index contributed by atoms with van der Waals surface area (Å²) in [7, 11) is 0. The minimum Gasteiger partial charge on any atom is -0.417 e. The molecule has 49 heavy (non-hydrogen) atoms. The Kier molecular flexibility index (Phi) is 8.63. The number of rotatable bonds is 4. The van der Waals surface area contributed by atoms with E-state index in [1.807, 2.05) is 12.1 Å². The zero-order chi connectivity index (χ0) is 34.2. The molecule has 1 aliphatic carbocycles. The summed E-state index contributed by atoms with van der Waals surface area (Å²) in [5.74, 6) is -7.38. The second-order valence-corrected chi connectivity index (χ2v) is 12.3. The van der Waals surface area contributed by atoms with Gasteiger partial charge in [-0.25, -0.2) is 27.2 Å². The molecule has 1 aliphatic rings. The topological polar surface area (TPSA) is 52.6 Å². The molecule has 0 bridgehead atoms. The summed E-state index contributed by atoms with van der Waals surface area (Å²) in [6.07, 6.45) is 9.00. The maximum atomic E-state index is 14.4. The van der Waals surface area contributed by atoms with Crippen molar-refractivity contribution in [1.29, 1.82) is 0 Å². The fourth-order valence-corrected chi connectivity index (χ4v) is 6.79. The molecular formula is C41H30F4O4. The number of fused-ring (bicyclic) bond motifs is 2. The highest BCUT2D eigenvalue weighted by Crippen LogP contribution is 2.42. The third-order valence-electron chi connectivity index (χ3n) is 9.05. The smallest absolute Gasteiger partial charge is 0.344 e. The van der Waals surface area contributed by atoms with Crippen LogP contribution < -0.4 is 9.47 Å². The Morgan fingerprint density at radius 3 is 1.24 bits per heavy atom. The van der Waals surface area contributed by atoms with Crippen LogP contribution in [0.4, 0.5) is 17.6 Å². The average molecular weight is 663 g/mol. The molecule has 0 atom stereocenters. The van der Waals surface area contributed by atoms with E-state index in [9.17, 15) is 27.2 Å². The fraction of sp³-hybridized carbons (Fsp3) is 0.171. The van der Waals surface area contributed by atoms with E-state index in [0.717, 1.165) is 45.8 Å². The van der Waals surface area contributed by atoms with E-state index in [0.29, 0.717) is 27.1 Å². The van der Waals surface area contributed by atoms with Gasteiger partial charge in [-0.05, 0) is 92.0 Å². The molecule has 0 saturated heterocycles. The van der Waals surface area contributed by atoms with Gasteiger partial charge in [0.15, 0.2) is 23.3 Å². The number of hydrogen-bond acceptors (Lipinski definition) is 4. The SMILES string of the molecule is C1CCCCC1.Cc1cc(F)c(OC(=O)c2ccc3c4cccc5c(C(=O)Oc6c(F)cccc6F)ccc(c6cccc2c63)c54)c(F)c1. The van der Waals surface area contributed by atoms with Crippen LogP contribution in [0, 0.1) is 30.2 Å². The van der Waals surface area contributed by atoms with Crippen LogP contribution in [0.2, 0.25) is 0 Å². The molecule has 246 valence electrons. The highest BCUT2D eigenvalue weighted by Gasteiger charge is 2.24. The fourth-order valence-electron chi connectivity index (χ4n) is 6.79. The zero-order valence-corrected chi connectivity index (χ0v) is 26.5. The molecule has 1 saturated carbocycles. The molecule has 0 unspecified atom stereocenters. The van der Waals surface area contributed by atoms with Gasteiger partial charge in [0.2, 0.25) is 11.5 Å². The van der Waals surface area contributed by atoms with Gasteiger partial charge < -0.3 is 9.47 Å². The first-order valence-corrected chi connectivity index (χ1v) is 16.2. The molecule has 0 heterocycles. The quantitative estimate of drug-likeness (QED) is 0.0619. The summed E-state index contributed by atoms with van der Waals surface area (Å²) in [5.41, 5.74) is 0.573. The summed E-state index contributed by atoms with van der Waals surface area (Å²) in [6, 6.07) is 22.4. The number of benzene rings is 7.